The van der Waals surface area contributed by atoms with Crippen molar-refractivity contribution in [2.45, 2.75) is 12.3 Å². The molecule has 4 nitrogen and oxygen atoms in total. The second kappa shape index (κ2) is 5.00. The topological polar surface area (TPSA) is 39.9 Å². The maximum atomic E-state index is 12.7. The van der Waals surface area contributed by atoms with Gasteiger partial charge in [0.25, 0.3) is 0 Å². The third-order valence-electron chi connectivity index (χ3n) is 2.14. The average Bonchev–Trinajstić information content (AvgIpc) is 2.75. The van der Waals surface area contributed by atoms with E-state index in [1.807, 2.05) is 0 Å². The standard InChI is InChI=1S/C10H5BrF5N3O/c11-8-17-5-19(18-8)6-1-3-7(4-2-6)20-10(15,16)9(12,13)14/h1-5H. The first-order valence-electron chi connectivity index (χ1n) is 5.00. The van der Waals surface area contributed by atoms with E-state index in [1.165, 1.54) is 23.1 Å². The Morgan fingerprint density at radius 3 is 2.10 bits per heavy atom. The summed E-state index contributed by atoms with van der Waals surface area (Å²) in [5.74, 6) is -0.616. The third kappa shape index (κ3) is 3.06. The van der Waals surface area contributed by atoms with Crippen molar-refractivity contribution in [2.24, 2.45) is 0 Å². The minimum Gasteiger partial charge on any atom is -0.426 e. The van der Waals surface area contributed by atoms with Crippen LogP contribution in [-0.4, -0.2) is 27.0 Å². The number of halogens is 6. The van der Waals surface area contributed by atoms with E-state index >= 15 is 0 Å². The van der Waals surface area contributed by atoms with Gasteiger partial charge in [-0.05, 0) is 40.2 Å². The highest BCUT2D eigenvalue weighted by molar-refractivity contribution is 9.10. The first-order chi connectivity index (χ1) is 9.19. The van der Waals surface area contributed by atoms with Crippen molar-refractivity contribution in [3.8, 4) is 11.4 Å². The maximum absolute atomic E-state index is 12.7. The Balaban J connectivity index is 2.17. The van der Waals surface area contributed by atoms with Crippen LogP contribution in [0.15, 0.2) is 35.3 Å². The Labute approximate surface area is 117 Å². The molecule has 0 amide bonds. The Bertz CT molecular complexity index is 596. The van der Waals surface area contributed by atoms with E-state index in [2.05, 4.69) is 30.7 Å². The number of hydrogen-bond donors (Lipinski definition) is 0. The summed E-state index contributed by atoms with van der Waals surface area (Å²) in [5.41, 5.74) is 0.422. The predicted octanol–water partition coefficient (Wildman–Crippen LogP) is 3.56. The number of alkyl halides is 5. The first-order valence-corrected chi connectivity index (χ1v) is 5.79. The molecule has 108 valence electrons. The molecule has 0 aliphatic carbocycles. The molecule has 0 aliphatic heterocycles. The predicted molar refractivity (Wildman–Crippen MR) is 60.7 cm³/mol. The summed E-state index contributed by atoms with van der Waals surface area (Å²) in [5, 5.41) is 3.88. The Morgan fingerprint density at radius 1 is 1.05 bits per heavy atom. The fraction of sp³-hybridized carbons (Fsp3) is 0.200. The van der Waals surface area contributed by atoms with Gasteiger partial charge in [0.05, 0.1) is 5.69 Å². The number of aromatic nitrogens is 3. The highest BCUT2D eigenvalue weighted by Gasteiger charge is 2.61. The molecule has 0 saturated carbocycles. The van der Waals surface area contributed by atoms with Crippen molar-refractivity contribution < 1.29 is 26.7 Å². The summed E-state index contributed by atoms with van der Waals surface area (Å²) in [6.07, 6.45) is -9.68. The summed E-state index contributed by atoms with van der Waals surface area (Å²) < 4.78 is 66.5. The molecule has 0 N–H and O–H groups in total. The quantitative estimate of drug-likeness (QED) is 0.788. The molecule has 0 aliphatic rings. The van der Waals surface area contributed by atoms with E-state index in [0.717, 1.165) is 12.1 Å². The van der Waals surface area contributed by atoms with Gasteiger partial charge < -0.3 is 4.74 Å². The lowest BCUT2D eigenvalue weighted by Gasteiger charge is -2.20. The SMILES string of the molecule is FC(F)(F)C(F)(F)Oc1ccc(-n2cnc(Br)n2)cc1. The molecule has 2 rings (SSSR count). The van der Waals surface area contributed by atoms with Gasteiger partial charge in [0.15, 0.2) is 0 Å². The number of ether oxygens (including phenoxy) is 1. The first kappa shape index (κ1) is 14.7. The highest BCUT2D eigenvalue weighted by Crippen LogP contribution is 2.37. The summed E-state index contributed by atoms with van der Waals surface area (Å²) >= 11 is 3.01. The Morgan fingerprint density at radius 2 is 1.65 bits per heavy atom. The molecular weight excluding hydrogens is 353 g/mol. The van der Waals surface area contributed by atoms with Gasteiger partial charge in [-0.3, -0.25) is 0 Å². The van der Waals surface area contributed by atoms with Gasteiger partial charge >= 0.3 is 12.3 Å². The van der Waals surface area contributed by atoms with Crippen LogP contribution in [0.4, 0.5) is 22.0 Å². The van der Waals surface area contributed by atoms with Crippen LogP contribution < -0.4 is 4.74 Å². The summed E-state index contributed by atoms with van der Waals surface area (Å²) in [6.45, 7) is 0. The maximum Gasteiger partial charge on any atom is 0.499 e. The Kier molecular flexibility index (Phi) is 3.67. The molecule has 0 bridgehead atoms. The molecule has 1 aromatic carbocycles. The van der Waals surface area contributed by atoms with Crippen LogP contribution in [0, 0.1) is 0 Å². The molecule has 20 heavy (non-hydrogen) atoms. The van der Waals surface area contributed by atoms with Gasteiger partial charge in [0.2, 0.25) is 4.73 Å². The number of hydrogen-bond acceptors (Lipinski definition) is 3. The number of rotatable bonds is 3. The lowest BCUT2D eigenvalue weighted by Crippen LogP contribution is -2.41. The zero-order chi connectivity index (χ0) is 15.0. The zero-order valence-electron chi connectivity index (χ0n) is 9.40. The van der Waals surface area contributed by atoms with Crippen molar-refractivity contribution in [3.63, 3.8) is 0 Å². The van der Waals surface area contributed by atoms with Crippen molar-refractivity contribution >= 4 is 15.9 Å². The van der Waals surface area contributed by atoms with E-state index in [-0.39, 0.29) is 0 Å². The van der Waals surface area contributed by atoms with Crippen LogP contribution in [0.25, 0.3) is 5.69 Å². The van der Waals surface area contributed by atoms with Crippen molar-refractivity contribution in [1.82, 2.24) is 14.8 Å². The second-order valence-electron chi connectivity index (χ2n) is 3.57. The lowest BCUT2D eigenvalue weighted by molar-refractivity contribution is -0.360. The molecule has 0 atom stereocenters. The molecule has 0 radical (unpaired) electrons. The fourth-order valence-electron chi connectivity index (χ4n) is 1.24. The molecule has 2 aromatic rings. The summed E-state index contributed by atoms with van der Waals surface area (Å²) in [4.78, 5) is 3.78. The van der Waals surface area contributed by atoms with Crippen molar-refractivity contribution in [3.05, 3.63) is 35.3 Å². The second-order valence-corrected chi connectivity index (χ2v) is 4.28. The molecular formula is C10H5BrF5N3O. The fourth-order valence-corrected chi connectivity index (χ4v) is 1.50. The average molecular weight is 358 g/mol. The van der Waals surface area contributed by atoms with Gasteiger partial charge in [0, 0.05) is 0 Å². The van der Waals surface area contributed by atoms with Crippen LogP contribution in [-0.2, 0) is 0 Å². The van der Waals surface area contributed by atoms with Gasteiger partial charge in [-0.1, -0.05) is 0 Å². The van der Waals surface area contributed by atoms with Crippen LogP contribution in [0.3, 0.4) is 0 Å². The lowest BCUT2D eigenvalue weighted by atomic mass is 10.3. The van der Waals surface area contributed by atoms with E-state index in [4.69, 9.17) is 0 Å². The highest BCUT2D eigenvalue weighted by atomic mass is 79.9. The molecule has 1 aromatic heterocycles. The summed E-state index contributed by atoms with van der Waals surface area (Å²) in [6, 6.07) is 4.49. The Hall–Kier alpha value is -1.71. The van der Waals surface area contributed by atoms with Crippen LogP contribution in [0.1, 0.15) is 0 Å². The summed E-state index contributed by atoms with van der Waals surface area (Å²) in [7, 11) is 0. The van der Waals surface area contributed by atoms with E-state index in [9.17, 15) is 22.0 Å². The molecule has 0 fully saturated rings. The number of benzene rings is 1. The van der Waals surface area contributed by atoms with Crippen LogP contribution in [0.5, 0.6) is 5.75 Å². The minimum atomic E-state index is -5.78. The normalized spacial score (nSPS) is 12.5. The van der Waals surface area contributed by atoms with E-state index in [1.54, 1.807) is 0 Å². The van der Waals surface area contributed by atoms with Gasteiger partial charge in [0.1, 0.15) is 12.1 Å². The molecule has 0 saturated heterocycles. The zero-order valence-corrected chi connectivity index (χ0v) is 11.0. The van der Waals surface area contributed by atoms with Gasteiger partial charge in [-0.25, -0.2) is 9.67 Å². The van der Waals surface area contributed by atoms with Crippen molar-refractivity contribution in [2.75, 3.05) is 0 Å². The minimum absolute atomic E-state index is 0.307. The third-order valence-corrected chi connectivity index (χ3v) is 2.50. The molecule has 0 spiro atoms. The number of nitrogens with zero attached hydrogens (tertiary/aromatic N) is 3. The van der Waals surface area contributed by atoms with Gasteiger partial charge in [-0.15, -0.1) is 5.10 Å². The van der Waals surface area contributed by atoms with E-state index < -0.39 is 18.0 Å². The smallest absolute Gasteiger partial charge is 0.426 e. The van der Waals surface area contributed by atoms with E-state index in [0.29, 0.717) is 10.4 Å². The van der Waals surface area contributed by atoms with Crippen LogP contribution >= 0.6 is 15.9 Å². The van der Waals surface area contributed by atoms with Crippen LogP contribution in [0.2, 0.25) is 0 Å². The van der Waals surface area contributed by atoms with Crippen molar-refractivity contribution in [1.29, 1.82) is 0 Å². The molecule has 1 heterocycles. The van der Waals surface area contributed by atoms with Gasteiger partial charge in [-0.2, -0.15) is 22.0 Å². The molecule has 0 unspecified atom stereocenters. The monoisotopic (exact) mass is 357 g/mol. The molecule has 10 heteroatoms. The largest absolute Gasteiger partial charge is 0.499 e.